The Kier molecular flexibility index (Phi) is 3.07. The third-order valence-electron chi connectivity index (χ3n) is 1.64. The molecular formula is C8H15N2P. The van der Waals surface area contributed by atoms with Crippen molar-refractivity contribution in [3.05, 3.63) is 11.8 Å². The monoisotopic (exact) mass is 170 g/mol. The van der Waals surface area contributed by atoms with Crippen molar-refractivity contribution in [2.45, 2.75) is 27.3 Å². The Morgan fingerprint density at radius 2 is 2.27 bits per heavy atom. The van der Waals surface area contributed by atoms with Crippen molar-refractivity contribution in [1.82, 2.24) is 9.78 Å². The summed E-state index contributed by atoms with van der Waals surface area (Å²) in [5.74, 6) is 0. The fraction of sp³-hybridized carbons (Fsp3) is 0.625. The molecule has 0 bridgehead atoms. The highest BCUT2D eigenvalue weighted by atomic mass is 31.1. The van der Waals surface area contributed by atoms with Gasteiger partial charge in [0, 0.05) is 6.54 Å². The standard InChI is InChI=1S/C6H9N2P.C2H6/c1-5-4-7-8-2-3-9-6(5)8;1-2/h4,9H,2-3H2,1H3;1-2H3. The first-order valence-corrected chi connectivity index (χ1v) is 5.35. The van der Waals surface area contributed by atoms with Crippen molar-refractivity contribution in [3.8, 4) is 0 Å². The molecule has 0 amide bonds. The highest BCUT2D eigenvalue weighted by Crippen LogP contribution is 2.18. The van der Waals surface area contributed by atoms with E-state index < -0.39 is 0 Å². The summed E-state index contributed by atoms with van der Waals surface area (Å²) in [6, 6.07) is 0. The Morgan fingerprint density at radius 1 is 1.55 bits per heavy atom. The normalized spacial score (nSPS) is 15.9. The molecule has 0 radical (unpaired) electrons. The molecule has 1 unspecified atom stereocenters. The van der Waals surface area contributed by atoms with Crippen LogP contribution in [0.15, 0.2) is 6.20 Å². The van der Waals surface area contributed by atoms with Crippen molar-refractivity contribution < 1.29 is 0 Å². The fourth-order valence-corrected chi connectivity index (χ4v) is 2.42. The van der Waals surface area contributed by atoms with Gasteiger partial charge >= 0.3 is 0 Å². The van der Waals surface area contributed by atoms with Crippen LogP contribution in [0.5, 0.6) is 0 Å². The molecule has 1 aliphatic heterocycles. The van der Waals surface area contributed by atoms with E-state index in [2.05, 4.69) is 16.7 Å². The van der Waals surface area contributed by atoms with Gasteiger partial charge in [0.15, 0.2) is 0 Å². The van der Waals surface area contributed by atoms with E-state index in [0.717, 1.165) is 15.1 Å². The van der Waals surface area contributed by atoms with E-state index in [1.165, 1.54) is 17.2 Å². The summed E-state index contributed by atoms with van der Waals surface area (Å²) in [5.41, 5.74) is 2.83. The second-order valence-corrected chi connectivity index (χ2v) is 3.65. The molecule has 3 heteroatoms. The molecule has 62 valence electrons. The van der Waals surface area contributed by atoms with Crippen LogP contribution in [0.4, 0.5) is 0 Å². The molecule has 0 aromatic carbocycles. The van der Waals surface area contributed by atoms with E-state index in [-0.39, 0.29) is 0 Å². The molecule has 0 saturated carbocycles. The van der Waals surface area contributed by atoms with Crippen LogP contribution < -0.4 is 5.44 Å². The number of aromatic nitrogens is 2. The number of hydrogen-bond acceptors (Lipinski definition) is 1. The van der Waals surface area contributed by atoms with Gasteiger partial charge < -0.3 is 0 Å². The van der Waals surface area contributed by atoms with Gasteiger partial charge in [-0.05, 0) is 18.6 Å². The Balaban J connectivity index is 0.000000281. The molecule has 2 heterocycles. The summed E-state index contributed by atoms with van der Waals surface area (Å²) >= 11 is 0. The van der Waals surface area contributed by atoms with Gasteiger partial charge in [-0.15, -0.1) is 0 Å². The number of aryl methyl sites for hydroxylation is 2. The van der Waals surface area contributed by atoms with Crippen molar-refractivity contribution in [3.63, 3.8) is 0 Å². The Bertz CT molecular complexity index is 230. The second-order valence-electron chi connectivity index (χ2n) is 2.33. The Labute approximate surface area is 69.8 Å². The topological polar surface area (TPSA) is 17.8 Å². The zero-order valence-electron chi connectivity index (χ0n) is 7.39. The summed E-state index contributed by atoms with van der Waals surface area (Å²) < 4.78 is 2.12. The molecule has 0 aliphatic carbocycles. The van der Waals surface area contributed by atoms with Crippen LogP contribution in [0.1, 0.15) is 19.4 Å². The summed E-state index contributed by atoms with van der Waals surface area (Å²) in [5, 5.41) is 4.22. The largest absolute Gasteiger partial charge is 0.265 e. The molecule has 2 nitrogen and oxygen atoms in total. The van der Waals surface area contributed by atoms with Gasteiger partial charge in [-0.1, -0.05) is 22.4 Å². The molecule has 1 aliphatic rings. The summed E-state index contributed by atoms with van der Waals surface area (Å²) in [6.45, 7) is 7.28. The molecule has 1 aromatic heterocycles. The summed E-state index contributed by atoms with van der Waals surface area (Å²) in [6.07, 6.45) is 3.27. The van der Waals surface area contributed by atoms with Crippen LogP contribution in [-0.2, 0) is 6.54 Å². The second kappa shape index (κ2) is 3.87. The van der Waals surface area contributed by atoms with E-state index in [9.17, 15) is 0 Å². The van der Waals surface area contributed by atoms with Crippen LogP contribution in [0.3, 0.4) is 0 Å². The minimum Gasteiger partial charge on any atom is -0.265 e. The number of fused-ring (bicyclic) bond motifs is 1. The molecule has 0 saturated heterocycles. The van der Waals surface area contributed by atoms with Gasteiger partial charge in [0.25, 0.3) is 0 Å². The molecule has 0 fully saturated rings. The average Bonchev–Trinajstić information content (AvgIpc) is 2.60. The molecular weight excluding hydrogens is 155 g/mol. The number of hydrogen-bond donors (Lipinski definition) is 0. The number of nitrogens with zero attached hydrogens (tertiary/aromatic N) is 2. The van der Waals surface area contributed by atoms with Gasteiger partial charge in [-0.25, -0.2) is 0 Å². The lowest BCUT2D eigenvalue weighted by atomic mass is 10.4. The molecule has 0 N–H and O–H groups in total. The molecule has 0 spiro atoms. The van der Waals surface area contributed by atoms with E-state index in [0.29, 0.717) is 0 Å². The molecule has 1 aromatic rings. The van der Waals surface area contributed by atoms with Crippen molar-refractivity contribution in [2.75, 3.05) is 6.16 Å². The third-order valence-corrected chi connectivity index (χ3v) is 3.10. The molecule has 2 rings (SSSR count). The lowest BCUT2D eigenvalue weighted by molar-refractivity contribution is 0.699. The van der Waals surface area contributed by atoms with Crippen LogP contribution in [0.2, 0.25) is 0 Å². The first-order chi connectivity index (χ1) is 5.38. The maximum Gasteiger partial charge on any atom is 0.0610 e. The summed E-state index contributed by atoms with van der Waals surface area (Å²) in [7, 11) is 1.00. The fourth-order valence-electron chi connectivity index (χ4n) is 1.16. The van der Waals surface area contributed by atoms with Gasteiger partial charge in [0.2, 0.25) is 0 Å². The first kappa shape index (κ1) is 8.73. The molecule has 11 heavy (non-hydrogen) atoms. The van der Waals surface area contributed by atoms with Crippen LogP contribution in [0.25, 0.3) is 0 Å². The van der Waals surface area contributed by atoms with Gasteiger partial charge in [0.05, 0.1) is 11.6 Å². The van der Waals surface area contributed by atoms with Crippen LogP contribution >= 0.6 is 8.58 Å². The van der Waals surface area contributed by atoms with Crippen LogP contribution in [0, 0.1) is 6.92 Å². The van der Waals surface area contributed by atoms with Crippen molar-refractivity contribution in [2.24, 2.45) is 0 Å². The van der Waals surface area contributed by atoms with Gasteiger partial charge in [0.1, 0.15) is 0 Å². The highest BCUT2D eigenvalue weighted by molar-refractivity contribution is 7.47. The average molecular weight is 170 g/mol. The third kappa shape index (κ3) is 1.62. The van der Waals surface area contributed by atoms with E-state index >= 15 is 0 Å². The lowest BCUT2D eigenvalue weighted by Gasteiger charge is -1.90. The smallest absolute Gasteiger partial charge is 0.0610 e. The maximum absolute atomic E-state index is 4.22. The Hall–Kier alpha value is -0.360. The van der Waals surface area contributed by atoms with Crippen molar-refractivity contribution in [1.29, 1.82) is 0 Å². The number of rotatable bonds is 0. The van der Waals surface area contributed by atoms with Crippen LogP contribution in [-0.4, -0.2) is 15.9 Å². The zero-order valence-corrected chi connectivity index (χ0v) is 8.39. The van der Waals surface area contributed by atoms with E-state index in [1.54, 1.807) is 0 Å². The van der Waals surface area contributed by atoms with Crippen molar-refractivity contribution >= 4 is 14.0 Å². The van der Waals surface area contributed by atoms with Gasteiger partial charge in [-0.2, -0.15) is 5.10 Å². The first-order valence-electron chi connectivity index (χ1n) is 4.14. The Morgan fingerprint density at radius 3 is 2.91 bits per heavy atom. The van der Waals surface area contributed by atoms with Gasteiger partial charge in [-0.3, -0.25) is 4.68 Å². The van der Waals surface area contributed by atoms with E-state index in [1.807, 2.05) is 20.0 Å². The maximum atomic E-state index is 4.22. The van der Waals surface area contributed by atoms with E-state index in [4.69, 9.17) is 0 Å². The quantitative estimate of drug-likeness (QED) is 0.540. The SMILES string of the molecule is CC.Cc1cnn2c1PCC2. The molecule has 1 atom stereocenters. The minimum atomic E-state index is 1.00. The predicted octanol–water partition coefficient (Wildman–Crippen LogP) is 1.54. The summed E-state index contributed by atoms with van der Waals surface area (Å²) in [4.78, 5) is 0. The predicted molar refractivity (Wildman–Crippen MR) is 51.1 cm³/mol. The highest BCUT2D eigenvalue weighted by Gasteiger charge is 2.12. The zero-order chi connectivity index (χ0) is 8.27. The lowest BCUT2D eigenvalue weighted by Crippen LogP contribution is -2.06. The minimum absolute atomic E-state index is 1.00.